The van der Waals surface area contributed by atoms with Gasteiger partial charge in [-0.3, -0.25) is 4.79 Å². The highest BCUT2D eigenvalue weighted by Crippen LogP contribution is 2.22. The van der Waals surface area contributed by atoms with Gasteiger partial charge >= 0.3 is 0 Å². The van der Waals surface area contributed by atoms with E-state index in [0.717, 1.165) is 52.0 Å². The smallest absolute Gasteiger partial charge is 0.137 e. The van der Waals surface area contributed by atoms with Gasteiger partial charge in [-0.25, -0.2) is 0 Å². The highest BCUT2D eigenvalue weighted by molar-refractivity contribution is 5.83. The van der Waals surface area contributed by atoms with E-state index in [1.54, 1.807) is 0 Å². The monoisotopic (exact) mass is 196 g/mol. The van der Waals surface area contributed by atoms with Crippen LogP contribution in [0.4, 0.5) is 0 Å². The van der Waals surface area contributed by atoms with E-state index in [2.05, 4.69) is 16.8 Å². The van der Waals surface area contributed by atoms with Gasteiger partial charge in [0.25, 0.3) is 0 Å². The van der Waals surface area contributed by atoms with Crippen LogP contribution in [0.25, 0.3) is 0 Å². The molecule has 0 radical (unpaired) electrons. The van der Waals surface area contributed by atoms with Gasteiger partial charge in [-0.2, -0.15) is 0 Å². The predicted molar refractivity (Wildman–Crippen MR) is 56.3 cm³/mol. The third-order valence-electron chi connectivity index (χ3n) is 3.51. The van der Waals surface area contributed by atoms with Crippen molar-refractivity contribution in [3.05, 3.63) is 0 Å². The molecule has 0 N–H and O–H groups in total. The van der Waals surface area contributed by atoms with Crippen LogP contribution < -0.4 is 0 Å². The Balaban J connectivity index is 1.77. The molecular formula is C11H20N2O. The van der Waals surface area contributed by atoms with E-state index in [4.69, 9.17) is 0 Å². The van der Waals surface area contributed by atoms with Crippen LogP contribution in [0, 0.1) is 5.92 Å². The summed E-state index contributed by atoms with van der Waals surface area (Å²) in [6.45, 7) is 5.61. The van der Waals surface area contributed by atoms with Gasteiger partial charge in [0.1, 0.15) is 5.78 Å². The van der Waals surface area contributed by atoms with Crippen LogP contribution in [0.3, 0.4) is 0 Å². The van der Waals surface area contributed by atoms with E-state index in [9.17, 15) is 4.79 Å². The summed E-state index contributed by atoms with van der Waals surface area (Å²) in [7, 11) is 2.16. The topological polar surface area (TPSA) is 23.6 Å². The van der Waals surface area contributed by atoms with Crippen LogP contribution in [-0.2, 0) is 4.79 Å². The Bertz CT molecular complexity index is 209. The molecule has 2 aliphatic rings. The summed E-state index contributed by atoms with van der Waals surface area (Å²) in [5.41, 5.74) is 0. The van der Waals surface area contributed by atoms with Crippen molar-refractivity contribution in [1.82, 2.24) is 9.80 Å². The Morgan fingerprint density at radius 1 is 1.29 bits per heavy atom. The summed E-state index contributed by atoms with van der Waals surface area (Å²) < 4.78 is 0. The van der Waals surface area contributed by atoms with Gasteiger partial charge < -0.3 is 9.80 Å². The number of hydrogen-bond acceptors (Lipinski definition) is 3. The van der Waals surface area contributed by atoms with E-state index in [1.165, 1.54) is 0 Å². The van der Waals surface area contributed by atoms with E-state index in [1.807, 2.05) is 0 Å². The number of likely N-dealkylation sites (N-methyl/N-ethyl adjacent to an activating group) is 1. The fourth-order valence-electron chi connectivity index (χ4n) is 2.42. The molecule has 2 rings (SSSR count). The molecule has 2 fully saturated rings. The molecule has 1 unspecified atom stereocenters. The van der Waals surface area contributed by atoms with Gasteiger partial charge in [0.15, 0.2) is 0 Å². The number of rotatable bonds is 2. The zero-order chi connectivity index (χ0) is 9.97. The second kappa shape index (κ2) is 4.41. The van der Waals surface area contributed by atoms with Gasteiger partial charge in [0.05, 0.1) is 0 Å². The fourth-order valence-corrected chi connectivity index (χ4v) is 2.42. The highest BCUT2D eigenvalue weighted by Gasteiger charge is 2.27. The number of nitrogens with zero attached hydrogens (tertiary/aromatic N) is 2. The van der Waals surface area contributed by atoms with Crippen LogP contribution in [0.15, 0.2) is 0 Å². The maximum absolute atomic E-state index is 11.5. The van der Waals surface area contributed by atoms with Crippen molar-refractivity contribution in [3.8, 4) is 0 Å². The average molecular weight is 196 g/mol. The molecule has 1 aliphatic carbocycles. The number of hydrogen-bond donors (Lipinski definition) is 0. The Morgan fingerprint density at radius 2 is 2.00 bits per heavy atom. The Hall–Kier alpha value is -0.410. The third kappa shape index (κ3) is 2.34. The van der Waals surface area contributed by atoms with Crippen LogP contribution in [0.2, 0.25) is 0 Å². The second-order valence-electron chi connectivity index (χ2n) is 4.66. The first-order chi connectivity index (χ1) is 6.75. The predicted octanol–water partition coefficient (Wildman–Crippen LogP) is 0.603. The lowest BCUT2D eigenvalue weighted by Gasteiger charge is -2.33. The van der Waals surface area contributed by atoms with Gasteiger partial charge in [0, 0.05) is 45.1 Å². The standard InChI is InChI=1S/C11H20N2O/c1-12-5-7-13(8-6-12)9-10-3-2-4-11(10)14/h10H,2-9H2,1H3. The van der Waals surface area contributed by atoms with E-state index in [0.29, 0.717) is 11.7 Å². The normalized spacial score (nSPS) is 31.2. The molecule has 14 heavy (non-hydrogen) atoms. The molecule has 0 spiro atoms. The summed E-state index contributed by atoms with van der Waals surface area (Å²) in [6.07, 6.45) is 3.08. The fraction of sp³-hybridized carbons (Fsp3) is 0.909. The van der Waals surface area contributed by atoms with Crippen LogP contribution >= 0.6 is 0 Å². The molecule has 1 atom stereocenters. The van der Waals surface area contributed by atoms with Gasteiger partial charge in [-0.05, 0) is 19.9 Å². The lowest BCUT2D eigenvalue weighted by Crippen LogP contribution is -2.46. The summed E-state index contributed by atoms with van der Waals surface area (Å²) in [5, 5.41) is 0. The molecule has 0 amide bonds. The number of carbonyl (C=O) groups excluding carboxylic acids is 1. The van der Waals surface area contributed by atoms with E-state index >= 15 is 0 Å². The van der Waals surface area contributed by atoms with Gasteiger partial charge in [-0.15, -0.1) is 0 Å². The quantitative estimate of drug-likeness (QED) is 0.646. The van der Waals surface area contributed by atoms with Crippen molar-refractivity contribution in [2.45, 2.75) is 19.3 Å². The van der Waals surface area contributed by atoms with Crippen LogP contribution in [0.5, 0.6) is 0 Å². The Labute approximate surface area is 86.1 Å². The number of Topliss-reactive ketones (excluding diaryl/α,β-unsaturated/α-hetero) is 1. The molecule has 3 heteroatoms. The highest BCUT2D eigenvalue weighted by atomic mass is 16.1. The van der Waals surface area contributed by atoms with Crippen molar-refractivity contribution < 1.29 is 4.79 Å². The Morgan fingerprint density at radius 3 is 2.57 bits per heavy atom. The molecule has 80 valence electrons. The minimum atomic E-state index is 0.360. The zero-order valence-corrected chi connectivity index (χ0v) is 9.04. The van der Waals surface area contributed by atoms with Crippen molar-refractivity contribution in [1.29, 1.82) is 0 Å². The first-order valence-corrected chi connectivity index (χ1v) is 5.69. The number of piperazine rings is 1. The van der Waals surface area contributed by atoms with Crippen molar-refractivity contribution in [2.24, 2.45) is 5.92 Å². The summed E-state index contributed by atoms with van der Waals surface area (Å²) in [6, 6.07) is 0. The van der Waals surface area contributed by atoms with E-state index in [-0.39, 0.29) is 0 Å². The first-order valence-electron chi connectivity index (χ1n) is 5.69. The maximum Gasteiger partial charge on any atom is 0.137 e. The maximum atomic E-state index is 11.5. The minimum Gasteiger partial charge on any atom is -0.304 e. The first kappa shape index (κ1) is 10.1. The molecule has 1 heterocycles. The third-order valence-corrected chi connectivity index (χ3v) is 3.51. The van der Waals surface area contributed by atoms with Crippen LogP contribution in [0.1, 0.15) is 19.3 Å². The second-order valence-corrected chi connectivity index (χ2v) is 4.66. The van der Waals surface area contributed by atoms with E-state index < -0.39 is 0 Å². The molecule has 1 saturated heterocycles. The molecule has 0 bridgehead atoms. The molecule has 1 saturated carbocycles. The van der Waals surface area contributed by atoms with Gasteiger partial charge in [0.2, 0.25) is 0 Å². The summed E-state index contributed by atoms with van der Waals surface area (Å²) >= 11 is 0. The molecule has 0 aromatic rings. The Kier molecular flexibility index (Phi) is 3.19. The van der Waals surface area contributed by atoms with Crippen LogP contribution in [-0.4, -0.2) is 55.4 Å². The number of ketones is 1. The lowest BCUT2D eigenvalue weighted by molar-refractivity contribution is -0.121. The molecule has 0 aromatic carbocycles. The van der Waals surface area contributed by atoms with Crippen molar-refractivity contribution in [2.75, 3.05) is 39.8 Å². The van der Waals surface area contributed by atoms with Crippen molar-refractivity contribution >= 4 is 5.78 Å². The lowest BCUT2D eigenvalue weighted by atomic mass is 10.1. The summed E-state index contributed by atoms with van der Waals surface area (Å²) in [4.78, 5) is 16.3. The minimum absolute atomic E-state index is 0.360. The molecule has 1 aliphatic heterocycles. The SMILES string of the molecule is CN1CCN(CC2CCCC2=O)CC1. The largest absolute Gasteiger partial charge is 0.304 e. The molecule has 0 aromatic heterocycles. The average Bonchev–Trinajstić information content (AvgIpc) is 2.56. The molecule has 3 nitrogen and oxygen atoms in total. The zero-order valence-electron chi connectivity index (χ0n) is 9.04. The van der Waals surface area contributed by atoms with Crippen molar-refractivity contribution in [3.63, 3.8) is 0 Å². The molecular weight excluding hydrogens is 176 g/mol. The number of carbonyl (C=O) groups is 1. The van der Waals surface area contributed by atoms with Gasteiger partial charge in [-0.1, -0.05) is 0 Å². The summed E-state index contributed by atoms with van der Waals surface area (Å²) in [5.74, 6) is 0.863.